The number of hydrogen-bond acceptors (Lipinski definition) is 5. The van der Waals surface area contributed by atoms with Gasteiger partial charge in [-0.15, -0.1) is 0 Å². The molecule has 0 aliphatic rings. The van der Waals surface area contributed by atoms with Crippen LogP contribution in [0.3, 0.4) is 0 Å². The van der Waals surface area contributed by atoms with Gasteiger partial charge in [0.1, 0.15) is 0 Å². The maximum Gasteiger partial charge on any atom is 0.309 e. The summed E-state index contributed by atoms with van der Waals surface area (Å²) in [7, 11) is 0. The van der Waals surface area contributed by atoms with Gasteiger partial charge in [0.15, 0.2) is 0 Å². The fourth-order valence-corrected chi connectivity index (χ4v) is 2.66. The summed E-state index contributed by atoms with van der Waals surface area (Å²) in [6.07, 6.45) is 1.83. The zero-order chi connectivity index (χ0) is 17.2. The molecule has 0 aromatic rings. The first kappa shape index (κ1) is 20.4. The van der Waals surface area contributed by atoms with Crippen LogP contribution in [0.25, 0.3) is 0 Å². The molecule has 0 N–H and O–H groups in total. The molecule has 0 radical (unpaired) electrons. The lowest BCUT2D eigenvalue weighted by Crippen LogP contribution is -2.33. The molecule has 0 amide bonds. The normalized spacial score (nSPS) is 14.8. The van der Waals surface area contributed by atoms with Gasteiger partial charge in [-0.25, -0.2) is 0 Å². The Hall–Kier alpha value is -1.57. The minimum Gasteiger partial charge on any atom is -0.466 e. The summed E-state index contributed by atoms with van der Waals surface area (Å²) >= 11 is 0. The van der Waals surface area contributed by atoms with Gasteiger partial charge in [-0.2, -0.15) is 5.26 Å². The number of ether oxygens (including phenoxy) is 2. The molecule has 0 aromatic carbocycles. The molecule has 2 unspecified atom stereocenters. The summed E-state index contributed by atoms with van der Waals surface area (Å²) in [5.41, 5.74) is -0.626. The monoisotopic (exact) mass is 311 g/mol. The van der Waals surface area contributed by atoms with Gasteiger partial charge in [0, 0.05) is 0 Å². The lowest BCUT2D eigenvalue weighted by Gasteiger charge is -2.33. The number of carbonyl (C=O) groups excluding carboxylic acids is 2. The summed E-state index contributed by atoms with van der Waals surface area (Å²) in [5.74, 6) is -1.39. The van der Waals surface area contributed by atoms with Crippen LogP contribution in [0.4, 0.5) is 0 Å². The SMILES string of the molecule is CCCC(C#N)(CC(CC(=O)OCC)C(=O)OCC)C(C)C. The molecular weight excluding hydrogens is 282 g/mol. The highest BCUT2D eigenvalue weighted by molar-refractivity contribution is 5.80. The van der Waals surface area contributed by atoms with Crippen molar-refractivity contribution in [1.82, 2.24) is 0 Å². The van der Waals surface area contributed by atoms with Crippen molar-refractivity contribution in [3.8, 4) is 6.07 Å². The van der Waals surface area contributed by atoms with E-state index in [2.05, 4.69) is 6.07 Å². The standard InChI is InChI=1S/C17H29NO4/c1-6-9-17(12-18,13(4)5)11-14(16(20)22-8-3)10-15(19)21-7-2/h13-14H,6-11H2,1-5H3. The van der Waals surface area contributed by atoms with E-state index in [0.717, 1.165) is 6.42 Å². The topological polar surface area (TPSA) is 76.4 Å². The fraction of sp³-hybridized carbons (Fsp3) is 0.824. The predicted molar refractivity (Wildman–Crippen MR) is 83.8 cm³/mol. The maximum absolute atomic E-state index is 12.2. The van der Waals surface area contributed by atoms with Crippen molar-refractivity contribution in [3.63, 3.8) is 0 Å². The van der Waals surface area contributed by atoms with Crippen LogP contribution in [-0.2, 0) is 19.1 Å². The van der Waals surface area contributed by atoms with Crippen LogP contribution in [-0.4, -0.2) is 25.2 Å². The maximum atomic E-state index is 12.2. The molecule has 0 fully saturated rings. The number of esters is 2. The third-order valence-electron chi connectivity index (χ3n) is 3.97. The van der Waals surface area contributed by atoms with E-state index in [1.54, 1.807) is 13.8 Å². The Bertz CT molecular complexity index is 400. The lowest BCUT2D eigenvalue weighted by atomic mass is 9.69. The highest BCUT2D eigenvalue weighted by Gasteiger charge is 2.39. The van der Waals surface area contributed by atoms with E-state index in [4.69, 9.17) is 9.47 Å². The molecule has 5 nitrogen and oxygen atoms in total. The first-order valence-corrected chi connectivity index (χ1v) is 8.10. The average molecular weight is 311 g/mol. The van der Waals surface area contributed by atoms with Crippen LogP contribution in [0.1, 0.15) is 60.3 Å². The second-order valence-electron chi connectivity index (χ2n) is 5.83. The van der Waals surface area contributed by atoms with Crippen molar-refractivity contribution in [2.24, 2.45) is 17.3 Å². The molecule has 2 atom stereocenters. The average Bonchev–Trinajstić information content (AvgIpc) is 2.46. The van der Waals surface area contributed by atoms with Gasteiger partial charge < -0.3 is 9.47 Å². The molecule has 22 heavy (non-hydrogen) atoms. The van der Waals surface area contributed by atoms with Crippen LogP contribution in [0.5, 0.6) is 0 Å². The molecular formula is C17H29NO4. The third-order valence-corrected chi connectivity index (χ3v) is 3.97. The van der Waals surface area contributed by atoms with Gasteiger partial charge in [-0.3, -0.25) is 9.59 Å². The molecule has 0 heterocycles. The molecule has 0 aliphatic heterocycles. The van der Waals surface area contributed by atoms with Crippen LogP contribution < -0.4 is 0 Å². The number of carbonyl (C=O) groups is 2. The number of hydrogen-bond donors (Lipinski definition) is 0. The lowest BCUT2D eigenvalue weighted by molar-refractivity contribution is -0.156. The minimum atomic E-state index is -0.632. The van der Waals surface area contributed by atoms with Gasteiger partial charge in [0.25, 0.3) is 0 Å². The molecule has 126 valence electrons. The third kappa shape index (κ3) is 6.05. The Balaban J connectivity index is 5.26. The number of nitriles is 1. The van der Waals surface area contributed by atoms with Crippen LogP contribution >= 0.6 is 0 Å². The van der Waals surface area contributed by atoms with Gasteiger partial charge in [-0.1, -0.05) is 27.2 Å². The van der Waals surface area contributed by atoms with Gasteiger partial charge in [-0.05, 0) is 32.6 Å². The first-order chi connectivity index (χ1) is 10.4. The second-order valence-corrected chi connectivity index (χ2v) is 5.83. The van der Waals surface area contributed by atoms with Crippen LogP contribution in [0.15, 0.2) is 0 Å². The van der Waals surface area contributed by atoms with Gasteiger partial charge in [0.05, 0.1) is 37.0 Å². The van der Waals surface area contributed by atoms with Gasteiger partial charge >= 0.3 is 11.9 Å². The zero-order valence-corrected chi connectivity index (χ0v) is 14.5. The van der Waals surface area contributed by atoms with Crippen molar-refractivity contribution >= 4 is 11.9 Å². The Morgan fingerprint density at radius 3 is 2.14 bits per heavy atom. The minimum absolute atomic E-state index is 0.0352. The number of nitrogens with zero attached hydrogens (tertiary/aromatic N) is 1. The Morgan fingerprint density at radius 1 is 1.14 bits per heavy atom. The van der Waals surface area contributed by atoms with Crippen molar-refractivity contribution in [2.45, 2.75) is 60.3 Å². The second kappa shape index (κ2) is 10.2. The highest BCUT2D eigenvalue weighted by Crippen LogP contribution is 2.40. The highest BCUT2D eigenvalue weighted by atomic mass is 16.5. The largest absolute Gasteiger partial charge is 0.466 e. The van der Waals surface area contributed by atoms with Crippen LogP contribution in [0, 0.1) is 28.6 Å². The number of rotatable bonds is 10. The molecule has 0 saturated carbocycles. The quantitative estimate of drug-likeness (QED) is 0.577. The first-order valence-electron chi connectivity index (χ1n) is 8.10. The van der Waals surface area contributed by atoms with Crippen LogP contribution in [0.2, 0.25) is 0 Å². The van der Waals surface area contributed by atoms with E-state index >= 15 is 0 Å². The van der Waals surface area contributed by atoms with E-state index in [0.29, 0.717) is 12.8 Å². The van der Waals surface area contributed by atoms with Crippen molar-refractivity contribution < 1.29 is 19.1 Å². The smallest absolute Gasteiger partial charge is 0.309 e. The van der Waals surface area contributed by atoms with E-state index in [1.807, 2.05) is 20.8 Å². The summed E-state index contributed by atoms with van der Waals surface area (Å²) in [5, 5.41) is 9.66. The molecule has 0 bridgehead atoms. The molecule has 0 rings (SSSR count). The van der Waals surface area contributed by atoms with Crippen molar-refractivity contribution in [2.75, 3.05) is 13.2 Å². The summed E-state index contributed by atoms with van der Waals surface area (Å²) in [4.78, 5) is 23.9. The fourth-order valence-electron chi connectivity index (χ4n) is 2.66. The van der Waals surface area contributed by atoms with E-state index in [1.165, 1.54) is 0 Å². The summed E-state index contributed by atoms with van der Waals surface area (Å²) in [6.45, 7) is 9.95. The molecule has 0 spiro atoms. The Labute approximate surface area is 134 Å². The van der Waals surface area contributed by atoms with E-state index in [-0.39, 0.29) is 25.6 Å². The van der Waals surface area contributed by atoms with Crippen molar-refractivity contribution in [1.29, 1.82) is 5.26 Å². The van der Waals surface area contributed by atoms with Gasteiger partial charge in [0.2, 0.25) is 0 Å². The Kier molecular flexibility index (Phi) is 9.48. The molecule has 0 saturated heterocycles. The molecule has 5 heteroatoms. The predicted octanol–water partition coefficient (Wildman–Crippen LogP) is 3.48. The van der Waals surface area contributed by atoms with E-state index < -0.39 is 23.3 Å². The summed E-state index contributed by atoms with van der Waals surface area (Å²) in [6, 6.07) is 2.39. The van der Waals surface area contributed by atoms with E-state index in [9.17, 15) is 14.9 Å². The summed E-state index contributed by atoms with van der Waals surface area (Å²) < 4.78 is 10.0. The van der Waals surface area contributed by atoms with Crippen molar-refractivity contribution in [3.05, 3.63) is 0 Å². The Morgan fingerprint density at radius 2 is 1.73 bits per heavy atom. The zero-order valence-electron chi connectivity index (χ0n) is 14.5. The molecule has 0 aromatic heterocycles. The molecule has 0 aliphatic carbocycles.